The number of rotatable bonds is 3. The van der Waals surface area contributed by atoms with Gasteiger partial charge in [0.15, 0.2) is 5.82 Å². The third kappa shape index (κ3) is 2.16. The summed E-state index contributed by atoms with van der Waals surface area (Å²) in [5.41, 5.74) is 1.02. The highest BCUT2D eigenvalue weighted by atomic mass is 16.5. The molecule has 1 unspecified atom stereocenters. The van der Waals surface area contributed by atoms with Crippen LogP contribution in [-0.2, 0) is 4.74 Å². The Kier molecular flexibility index (Phi) is 3.12. The summed E-state index contributed by atoms with van der Waals surface area (Å²) in [4.78, 5) is 6.55. The lowest BCUT2D eigenvalue weighted by atomic mass is 10.3. The summed E-state index contributed by atoms with van der Waals surface area (Å²) in [6, 6.07) is 1.97. The van der Waals surface area contributed by atoms with Gasteiger partial charge in [-0.25, -0.2) is 9.50 Å². The zero-order valence-corrected chi connectivity index (χ0v) is 10.4. The van der Waals surface area contributed by atoms with E-state index < -0.39 is 0 Å². The van der Waals surface area contributed by atoms with Crippen molar-refractivity contribution in [1.82, 2.24) is 19.9 Å². The summed E-state index contributed by atoms with van der Waals surface area (Å²) in [6.07, 6.45) is 5.62. The van der Waals surface area contributed by atoms with E-state index in [2.05, 4.69) is 20.3 Å². The van der Waals surface area contributed by atoms with E-state index in [1.807, 2.05) is 23.8 Å². The van der Waals surface area contributed by atoms with E-state index in [1.165, 1.54) is 0 Å². The zero-order chi connectivity index (χ0) is 12.4. The lowest BCUT2D eigenvalue weighted by Crippen LogP contribution is -2.44. The molecule has 0 spiro atoms. The van der Waals surface area contributed by atoms with Crippen molar-refractivity contribution in [3.63, 3.8) is 0 Å². The Morgan fingerprint density at radius 2 is 2.50 bits per heavy atom. The van der Waals surface area contributed by atoms with Gasteiger partial charge in [0.2, 0.25) is 0 Å². The first-order valence-electron chi connectivity index (χ1n) is 6.16. The molecule has 0 radical (unpaired) electrons. The van der Waals surface area contributed by atoms with Crippen molar-refractivity contribution in [1.29, 1.82) is 0 Å². The number of morpholine rings is 1. The van der Waals surface area contributed by atoms with Crippen molar-refractivity contribution in [3.8, 4) is 0 Å². The van der Waals surface area contributed by atoms with Crippen LogP contribution in [0.15, 0.2) is 24.7 Å². The Bertz CT molecular complexity index is 520. The summed E-state index contributed by atoms with van der Waals surface area (Å²) in [5, 5.41) is 7.55. The number of ether oxygens (including phenoxy) is 1. The number of nitrogens with one attached hydrogen (secondary N) is 1. The summed E-state index contributed by atoms with van der Waals surface area (Å²) in [5.74, 6) is 0.934. The minimum Gasteiger partial charge on any atom is -0.374 e. The molecule has 0 bridgehead atoms. The Morgan fingerprint density at radius 1 is 1.56 bits per heavy atom. The van der Waals surface area contributed by atoms with Gasteiger partial charge < -0.3 is 15.0 Å². The number of likely N-dealkylation sites (N-methyl/N-ethyl adjacent to an activating group) is 1. The van der Waals surface area contributed by atoms with E-state index in [4.69, 9.17) is 4.74 Å². The quantitative estimate of drug-likeness (QED) is 0.837. The monoisotopic (exact) mass is 247 g/mol. The predicted octanol–water partition coefficient (Wildman–Crippen LogP) is 0.154. The van der Waals surface area contributed by atoms with Crippen LogP contribution in [0, 0.1) is 0 Å². The summed E-state index contributed by atoms with van der Waals surface area (Å²) in [7, 11) is 2.04. The minimum atomic E-state index is 0.216. The van der Waals surface area contributed by atoms with Crippen LogP contribution >= 0.6 is 0 Å². The summed E-state index contributed by atoms with van der Waals surface area (Å²) >= 11 is 0. The number of anilines is 1. The Balaban J connectivity index is 1.78. The van der Waals surface area contributed by atoms with Gasteiger partial charge in [-0.05, 0) is 6.07 Å². The van der Waals surface area contributed by atoms with Crippen molar-refractivity contribution in [2.24, 2.45) is 0 Å². The molecule has 0 aromatic carbocycles. The van der Waals surface area contributed by atoms with Crippen LogP contribution in [0.4, 0.5) is 5.82 Å². The number of nitrogens with zero attached hydrogens (tertiary/aromatic N) is 4. The smallest absolute Gasteiger partial charge is 0.154 e. The molecular weight excluding hydrogens is 230 g/mol. The van der Waals surface area contributed by atoms with Crippen molar-refractivity contribution < 1.29 is 4.74 Å². The molecule has 1 aliphatic rings. The van der Waals surface area contributed by atoms with Crippen LogP contribution in [0.1, 0.15) is 0 Å². The Hall–Kier alpha value is -1.66. The molecule has 2 aromatic heterocycles. The van der Waals surface area contributed by atoms with Crippen LogP contribution in [0.3, 0.4) is 0 Å². The highest BCUT2D eigenvalue weighted by Gasteiger charge is 2.17. The molecule has 3 heterocycles. The van der Waals surface area contributed by atoms with E-state index in [1.54, 1.807) is 12.4 Å². The molecule has 1 atom stereocenters. The summed E-state index contributed by atoms with van der Waals surface area (Å²) in [6.45, 7) is 3.44. The highest BCUT2D eigenvalue weighted by molar-refractivity contribution is 5.67. The van der Waals surface area contributed by atoms with Gasteiger partial charge in [0.05, 0.1) is 18.9 Å². The number of aromatic nitrogens is 3. The number of hydrogen-bond donors (Lipinski definition) is 1. The van der Waals surface area contributed by atoms with Crippen LogP contribution in [0.25, 0.3) is 5.52 Å². The fourth-order valence-electron chi connectivity index (χ4n) is 2.27. The van der Waals surface area contributed by atoms with E-state index in [-0.39, 0.29) is 6.10 Å². The molecule has 18 heavy (non-hydrogen) atoms. The Labute approximate surface area is 106 Å². The average molecular weight is 247 g/mol. The van der Waals surface area contributed by atoms with Gasteiger partial charge in [0.25, 0.3) is 0 Å². The van der Waals surface area contributed by atoms with Gasteiger partial charge in [-0.3, -0.25) is 0 Å². The van der Waals surface area contributed by atoms with Crippen molar-refractivity contribution >= 4 is 11.3 Å². The molecule has 1 fully saturated rings. The molecule has 1 saturated heterocycles. The van der Waals surface area contributed by atoms with Gasteiger partial charge >= 0.3 is 0 Å². The normalized spacial score (nSPS) is 20.2. The molecule has 1 N–H and O–H groups in total. The fourth-order valence-corrected chi connectivity index (χ4v) is 2.27. The zero-order valence-electron chi connectivity index (χ0n) is 10.4. The molecule has 6 nitrogen and oxygen atoms in total. The third-order valence-corrected chi connectivity index (χ3v) is 3.15. The van der Waals surface area contributed by atoms with E-state index >= 15 is 0 Å². The minimum absolute atomic E-state index is 0.216. The standard InChI is InChI=1S/C12H17N5O/c1-16(9-10-8-13-5-7-18-10)12-11-2-3-15-17(11)6-4-14-12/h2-4,6,10,13H,5,7-9H2,1H3. The highest BCUT2D eigenvalue weighted by Crippen LogP contribution is 2.17. The first-order valence-corrected chi connectivity index (χ1v) is 6.16. The van der Waals surface area contributed by atoms with E-state index in [9.17, 15) is 0 Å². The predicted molar refractivity (Wildman–Crippen MR) is 68.9 cm³/mol. The van der Waals surface area contributed by atoms with E-state index in [0.717, 1.165) is 37.6 Å². The van der Waals surface area contributed by atoms with Gasteiger partial charge in [0, 0.05) is 39.1 Å². The van der Waals surface area contributed by atoms with Gasteiger partial charge in [-0.15, -0.1) is 0 Å². The fraction of sp³-hybridized carbons (Fsp3) is 0.500. The number of fused-ring (bicyclic) bond motifs is 1. The first-order chi connectivity index (χ1) is 8.84. The second kappa shape index (κ2) is 4.91. The van der Waals surface area contributed by atoms with Crippen molar-refractivity contribution in [2.45, 2.75) is 6.10 Å². The number of hydrogen-bond acceptors (Lipinski definition) is 5. The molecule has 0 aliphatic carbocycles. The molecule has 6 heteroatoms. The second-order valence-corrected chi connectivity index (χ2v) is 4.49. The third-order valence-electron chi connectivity index (χ3n) is 3.15. The molecule has 3 rings (SSSR count). The first kappa shape index (κ1) is 11.4. The van der Waals surface area contributed by atoms with Gasteiger partial charge in [0.1, 0.15) is 5.52 Å². The van der Waals surface area contributed by atoms with Crippen LogP contribution < -0.4 is 10.2 Å². The van der Waals surface area contributed by atoms with Crippen LogP contribution in [0.5, 0.6) is 0 Å². The lowest BCUT2D eigenvalue weighted by molar-refractivity contribution is 0.0339. The van der Waals surface area contributed by atoms with Crippen molar-refractivity contribution in [3.05, 3.63) is 24.7 Å². The molecule has 2 aromatic rings. The maximum atomic E-state index is 5.71. The summed E-state index contributed by atoms with van der Waals surface area (Å²) < 4.78 is 7.54. The molecule has 1 aliphatic heterocycles. The lowest BCUT2D eigenvalue weighted by Gasteiger charge is -2.28. The molecule has 96 valence electrons. The van der Waals surface area contributed by atoms with Crippen molar-refractivity contribution in [2.75, 3.05) is 38.2 Å². The topological polar surface area (TPSA) is 54.7 Å². The maximum Gasteiger partial charge on any atom is 0.154 e. The SMILES string of the molecule is CN(CC1CNCCO1)c1nccn2nccc12. The molecule has 0 saturated carbocycles. The maximum absolute atomic E-state index is 5.71. The second-order valence-electron chi connectivity index (χ2n) is 4.49. The molecular formula is C12H17N5O. The van der Waals surface area contributed by atoms with Gasteiger partial charge in [-0.1, -0.05) is 0 Å². The Morgan fingerprint density at radius 3 is 3.33 bits per heavy atom. The van der Waals surface area contributed by atoms with Crippen LogP contribution in [0.2, 0.25) is 0 Å². The van der Waals surface area contributed by atoms with Gasteiger partial charge in [-0.2, -0.15) is 5.10 Å². The largest absolute Gasteiger partial charge is 0.374 e. The van der Waals surface area contributed by atoms with E-state index in [0.29, 0.717) is 0 Å². The van der Waals surface area contributed by atoms with Crippen LogP contribution in [-0.4, -0.2) is 54.0 Å². The average Bonchev–Trinajstić information content (AvgIpc) is 2.87. The molecule has 0 amide bonds.